The second-order valence-electron chi connectivity index (χ2n) is 7.64. The Morgan fingerprint density at radius 1 is 1.32 bits per heavy atom. The molecule has 1 aliphatic heterocycles. The van der Waals surface area contributed by atoms with Gasteiger partial charge in [0, 0.05) is 29.6 Å². The molecule has 1 saturated heterocycles. The van der Waals surface area contributed by atoms with E-state index in [1.54, 1.807) is 12.3 Å². The molecule has 0 spiro atoms. The molecule has 10 heteroatoms. The van der Waals surface area contributed by atoms with Crippen LogP contribution < -0.4 is 10.6 Å². The van der Waals surface area contributed by atoms with E-state index >= 15 is 0 Å². The molecule has 0 saturated carbocycles. The highest BCUT2D eigenvalue weighted by Crippen LogP contribution is 2.40. The lowest BCUT2D eigenvalue weighted by Gasteiger charge is -2.40. The zero-order chi connectivity index (χ0) is 22.0. The van der Waals surface area contributed by atoms with Crippen molar-refractivity contribution in [2.45, 2.75) is 55.1 Å². The van der Waals surface area contributed by atoms with E-state index in [4.69, 9.17) is 31.7 Å². The van der Waals surface area contributed by atoms with Gasteiger partial charge in [0.25, 0.3) is 0 Å². The number of nitrogens with two attached hydrogens (primary N) is 1. The Bertz CT molecular complexity index is 1050. The number of oxazole rings is 1. The highest BCUT2D eigenvalue weighted by molar-refractivity contribution is 7.99. The molecule has 0 amide bonds. The molecule has 0 unspecified atom stereocenters. The van der Waals surface area contributed by atoms with Crippen LogP contribution in [0.25, 0.3) is 0 Å². The molecule has 0 aliphatic carbocycles. The average molecular weight is 461 g/mol. The molecule has 164 valence electrons. The number of nitrogen functional groups attached to an aromatic ring is 1. The normalized spacial score (nSPS) is 15.9. The number of pyridine rings is 1. The number of hydrogen-bond acceptors (Lipinski definition) is 9. The molecule has 3 aromatic rings. The first-order chi connectivity index (χ1) is 15.0. The summed E-state index contributed by atoms with van der Waals surface area (Å²) in [5, 5.41) is 11.1. The van der Waals surface area contributed by atoms with Crippen LogP contribution in [0.3, 0.4) is 0 Å². The summed E-state index contributed by atoms with van der Waals surface area (Å²) in [5.74, 6) is 1.95. The van der Waals surface area contributed by atoms with E-state index in [1.807, 2.05) is 13.1 Å². The molecule has 1 aliphatic rings. The molecule has 0 bridgehead atoms. The Hall–Kier alpha value is -2.36. The molecular weight excluding hydrogens is 436 g/mol. The summed E-state index contributed by atoms with van der Waals surface area (Å²) >= 11 is 7.65. The van der Waals surface area contributed by atoms with Gasteiger partial charge < -0.3 is 20.2 Å². The van der Waals surface area contributed by atoms with Gasteiger partial charge in [-0.2, -0.15) is 0 Å². The van der Waals surface area contributed by atoms with Gasteiger partial charge in [-0.25, -0.2) is 19.9 Å². The largest absolute Gasteiger partial charge is 0.448 e. The van der Waals surface area contributed by atoms with Crippen LogP contribution in [0.15, 0.2) is 39.2 Å². The topological polar surface area (TPSA) is 114 Å². The maximum absolute atomic E-state index is 10.0. The second kappa shape index (κ2) is 9.02. The van der Waals surface area contributed by atoms with Crippen LogP contribution in [0, 0.1) is 6.92 Å². The van der Waals surface area contributed by atoms with Crippen molar-refractivity contribution in [3.8, 4) is 0 Å². The fourth-order valence-electron chi connectivity index (χ4n) is 4.00. The fraction of sp³-hybridized carbons (Fsp3) is 0.429. The van der Waals surface area contributed by atoms with E-state index < -0.39 is 0 Å². The molecule has 0 aromatic carbocycles. The van der Waals surface area contributed by atoms with Gasteiger partial charge in [0.2, 0.25) is 0 Å². The first kappa shape index (κ1) is 21.9. The van der Waals surface area contributed by atoms with Crippen LogP contribution in [-0.2, 0) is 12.0 Å². The van der Waals surface area contributed by atoms with E-state index in [2.05, 4.69) is 21.8 Å². The summed E-state index contributed by atoms with van der Waals surface area (Å²) in [6.07, 6.45) is 7.76. The zero-order valence-electron chi connectivity index (χ0n) is 17.5. The van der Waals surface area contributed by atoms with Crippen LogP contribution in [0.1, 0.15) is 43.3 Å². The van der Waals surface area contributed by atoms with Crippen LogP contribution in [0.5, 0.6) is 0 Å². The van der Waals surface area contributed by atoms with Crippen molar-refractivity contribution >= 4 is 35.0 Å². The Balaban J connectivity index is 1.57. The van der Waals surface area contributed by atoms with Crippen LogP contribution in [-0.4, -0.2) is 38.1 Å². The monoisotopic (exact) mass is 460 g/mol. The second-order valence-corrected chi connectivity index (χ2v) is 9.05. The number of aliphatic hydroxyl groups is 1. The minimum atomic E-state index is -0.195. The lowest BCUT2D eigenvalue weighted by atomic mass is 9.74. The van der Waals surface area contributed by atoms with Crippen molar-refractivity contribution in [2.75, 3.05) is 23.7 Å². The highest BCUT2D eigenvalue weighted by Gasteiger charge is 2.38. The van der Waals surface area contributed by atoms with E-state index in [0.717, 1.165) is 54.5 Å². The highest BCUT2D eigenvalue weighted by atomic mass is 35.5. The number of aryl methyl sites for hydroxylation is 1. The number of aliphatic hydroxyl groups excluding tert-OH is 1. The van der Waals surface area contributed by atoms with Gasteiger partial charge in [-0.3, -0.25) is 0 Å². The minimum absolute atomic E-state index is 0.0112. The molecule has 0 radical (unpaired) electrons. The summed E-state index contributed by atoms with van der Waals surface area (Å²) < 4.78 is 5.64. The summed E-state index contributed by atoms with van der Waals surface area (Å²) in [6, 6.07) is 1.79. The molecule has 3 N–H and O–H groups in total. The van der Waals surface area contributed by atoms with Gasteiger partial charge in [-0.1, -0.05) is 30.3 Å². The number of hydrogen-bond donors (Lipinski definition) is 2. The fourth-order valence-corrected chi connectivity index (χ4v) is 5.11. The van der Waals surface area contributed by atoms with Gasteiger partial charge >= 0.3 is 0 Å². The smallest absolute Gasteiger partial charge is 0.180 e. The standard InChI is InChI=1S/C21H25ClN6O2S/c1-3-21(16-10-24-12-30-16)5-8-28(9-6-21)19-14(11-29)27-20(13(2)26-19)31-15-4-7-25-18(23)17(15)22/h4,7,10,12,29H,3,5-6,8-9,11H2,1-2H3,(H2,23,25). The third-order valence-corrected chi connectivity index (χ3v) is 7.62. The van der Waals surface area contributed by atoms with Crippen molar-refractivity contribution in [2.24, 2.45) is 0 Å². The predicted molar refractivity (Wildman–Crippen MR) is 120 cm³/mol. The maximum atomic E-state index is 10.0. The summed E-state index contributed by atoms with van der Waals surface area (Å²) in [6.45, 7) is 5.50. The van der Waals surface area contributed by atoms with Crippen molar-refractivity contribution in [3.05, 3.63) is 47.0 Å². The van der Waals surface area contributed by atoms with E-state index in [1.165, 1.54) is 18.2 Å². The van der Waals surface area contributed by atoms with Gasteiger partial charge in [0.1, 0.15) is 22.3 Å². The Morgan fingerprint density at radius 3 is 2.74 bits per heavy atom. The Labute approximate surface area is 190 Å². The van der Waals surface area contributed by atoms with Gasteiger partial charge in [0.05, 0.1) is 23.5 Å². The average Bonchev–Trinajstić information content (AvgIpc) is 3.33. The number of aromatic nitrogens is 4. The number of anilines is 2. The van der Waals surface area contributed by atoms with Crippen LogP contribution in [0.2, 0.25) is 5.02 Å². The van der Waals surface area contributed by atoms with Gasteiger partial charge in [-0.05, 0) is 32.3 Å². The van der Waals surface area contributed by atoms with E-state index in [9.17, 15) is 5.11 Å². The molecule has 31 heavy (non-hydrogen) atoms. The van der Waals surface area contributed by atoms with Crippen molar-refractivity contribution in [1.82, 2.24) is 19.9 Å². The van der Waals surface area contributed by atoms with E-state index in [0.29, 0.717) is 15.7 Å². The number of nitrogens with zero attached hydrogens (tertiary/aromatic N) is 5. The first-order valence-electron chi connectivity index (χ1n) is 10.2. The van der Waals surface area contributed by atoms with Crippen LogP contribution in [0.4, 0.5) is 11.6 Å². The first-order valence-corrected chi connectivity index (χ1v) is 11.4. The number of rotatable bonds is 6. The van der Waals surface area contributed by atoms with E-state index in [-0.39, 0.29) is 17.8 Å². The minimum Gasteiger partial charge on any atom is -0.448 e. The van der Waals surface area contributed by atoms with Crippen molar-refractivity contribution in [1.29, 1.82) is 0 Å². The summed E-state index contributed by atoms with van der Waals surface area (Å²) in [5.41, 5.74) is 7.12. The van der Waals surface area contributed by atoms with Gasteiger partial charge in [-0.15, -0.1) is 0 Å². The molecular formula is C21H25ClN6O2S. The zero-order valence-corrected chi connectivity index (χ0v) is 19.1. The number of piperidine rings is 1. The summed E-state index contributed by atoms with van der Waals surface area (Å²) in [4.78, 5) is 20.5. The SMILES string of the molecule is CCC1(c2cnco2)CCN(c2nc(C)c(Sc3ccnc(N)c3Cl)nc2CO)CC1. The molecule has 0 atom stereocenters. The molecule has 4 rings (SSSR count). The lowest BCUT2D eigenvalue weighted by Crippen LogP contribution is -2.43. The van der Waals surface area contributed by atoms with Gasteiger partial charge in [0.15, 0.2) is 12.2 Å². The molecule has 4 heterocycles. The quantitative estimate of drug-likeness (QED) is 0.563. The van der Waals surface area contributed by atoms with Crippen molar-refractivity contribution in [3.63, 3.8) is 0 Å². The third-order valence-electron chi connectivity index (χ3n) is 5.97. The summed E-state index contributed by atoms with van der Waals surface area (Å²) in [7, 11) is 0. The Morgan fingerprint density at radius 2 is 2.10 bits per heavy atom. The van der Waals surface area contributed by atoms with Crippen molar-refractivity contribution < 1.29 is 9.52 Å². The number of halogens is 1. The molecule has 3 aromatic heterocycles. The molecule has 8 nitrogen and oxygen atoms in total. The Kier molecular flexibility index (Phi) is 6.36. The third kappa shape index (κ3) is 4.22. The predicted octanol–water partition coefficient (Wildman–Crippen LogP) is 4.00. The lowest BCUT2D eigenvalue weighted by molar-refractivity contribution is 0.259. The van der Waals surface area contributed by atoms with Crippen LogP contribution >= 0.6 is 23.4 Å². The molecule has 1 fully saturated rings. The maximum Gasteiger partial charge on any atom is 0.180 e.